The summed E-state index contributed by atoms with van der Waals surface area (Å²) in [5, 5.41) is 11.4. The number of fused-ring (bicyclic) bond motifs is 1. The van der Waals surface area contributed by atoms with Gasteiger partial charge in [-0.05, 0) is 36.2 Å². The monoisotopic (exact) mass is 381 g/mol. The second-order valence-electron chi connectivity index (χ2n) is 6.47. The second-order valence-corrected chi connectivity index (χ2v) is 7.50. The van der Waals surface area contributed by atoms with E-state index >= 15 is 0 Å². The smallest absolute Gasteiger partial charge is 0.128 e. The Balaban J connectivity index is 1.62. The van der Waals surface area contributed by atoms with Crippen LogP contribution in [0.15, 0.2) is 42.7 Å². The van der Waals surface area contributed by atoms with E-state index in [0.717, 1.165) is 37.7 Å². The first-order valence-electron chi connectivity index (χ1n) is 8.82. The van der Waals surface area contributed by atoms with Crippen LogP contribution in [0.5, 0.6) is 0 Å². The Labute approximate surface area is 161 Å². The lowest BCUT2D eigenvalue weighted by atomic mass is 10.1. The first-order chi connectivity index (χ1) is 13.2. The number of allylic oxidation sites excluding steroid dienone is 1. The molecule has 1 aromatic carbocycles. The van der Waals surface area contributed by atoms with Gasteiger partial charge in [0.05, 0.1) is 16.8 Å². The highest BCUT2D eigenvalue weighted by atomic mass is 32.1. The zero-order chi connectivity index (χ0) is 18.8. The SMILES string of the molecule is CN/C=C(\C=N)c1ccc2sc(-c3ccc(N4CCC(F)C4)nc3)nc2c1. The summed E-state index contributed by atoms with van der Waals surface area (Å²) in [7, 11) is 1.81. The lowest BCUT2D eigenvalue weighted by Gasteiger charge is -2.15. The normalized spacial score (nSPS) is 17.5. The average molecular weight is 381 g/mol. The summed E-state index contributed by atoms with van der Waals surface area (Å²) in [4.78, 5) is 11.2. The Kier molecular flexibility index (Phi) is 4.85. The maximum absolute atomic E-state index is 13.4. The Hall–Kier alpha value is -2.80. The predicted molar refractivity (Wildman–Crippen MR) is 110 cm³/mol. The van der Waals surface area contributed by atoms with Crippen molar-refractivity contribution in [1.82, 2.24) is 15.3 Å². The fraction of sp³-hybridized carbons (Fsp3) is 0.250. The number of anilines is 1. The van der Waals surface area contributed by atoms with Crippen molar-refractivity contribution in [2.24, 2.45) is 0 Å². The molecular weight excluding hydrogens is 361 g/mol. The van der Waals surface area contributed by atoms with Gasteiger partial charge in [0.1, 0.15) is 17.0 Å². The molecule has 1 fully saturated rings. The van der Waals surface area contributed by atoms with E-state index < -0.39 is 6.17 Å². The second kappa shape index (κ2) is 7.44. The molecule has 1 aliphatic rings. The molecule has 5 nitrogen and oxygen atoms in total. The van der Waals surface area contributed by atoms with E-state index in [-0.39, 0.29) is 0 Å². The summed E-state index contributed by atoms with van der Waals surface area (Å²) in [5.41, 5.74) is 3.61. The van der Waals surface area contributed by atoms with Gasteiger partial charge in [0.15, 0.2) is 0 Å². The molecule has 138 valence electrons. The van der Waals surface area contributed by atoms with Crippen molar-refractivity contribution in [1.29, 1.82) is 5.41 Å². The van der Waals surface area contributed by atoms with Crippen molar-refractivity contribution >= 4 is 39.2 Å². The maximum Gasteiger partial charge on any atom is 0.128 e. The molecule has 27 heavy (non-hydrogen) atoms. The van der Waals surface area contributed by atoms with Gasteiger partial charge in [0, 0.05) is 43.3 Å². The Morgan fingerprint density at radius 3 is 2.93 bits per heavy atom. The van der Waals surface area contributed by atoms with Crippen LogP contribution in [-0.2, 0) is 0 Å². The van der Waals surface area contributed by atoms with Crippen molar-refractivity contribution in [3.63, 3.8) is 0 Å². The largest absolute Gasteiger partial charge is 0.393 e. The molecule has 0 saturated carbocycles. The van der Waals surface area contributed by atoms with Gasteiger partial charge in [-0.1, -0.05) is 6.07 Å². The van der Waals surface area contributed by atoms with Gasteiger partial charge in [0.25, 0.3) is 0 Å². The summed E-state index contributed by atoms with van der Waals surface area (Å²) in [6, 6.07) is 9.97. The van der Waals surface area contributed by atoms with E-state index in [2.05, 4.69) is 10.3 Å². The van der Waals surface area contributed by atoms with E-state index in [1.807, 2.05) is 48.5 Å². The molecule has 3 heterocycles. The van der Waals surface area contributed by atoms with E-state index in [0.29, 0.717) is 19.5 Å². The van der Waals surface area contributed by atoms with Crippen LogP contribution in [0.2, 0.25) is 0 Å². The number of alkyl halides is 1. The molecule has 0 bridgehead atoms. The number of hydrogen-bond acceptors (Lipinski definition) is 6. The lowest BCUT2D eigenvalue weighted by molar-refractivity contribution is 0.364. The van der Waals surface area contributed by atoms with E-state index in [9.17, 15) is 4.39 Å². The molecule has 0 radical (unpaired) electrons. The first kappa shape index (κ1) is 17.6. The van der Waals surface area contributed by atoms with Gasteiger partial charge < -0.3 is 15.6 Å². The standard InChI is InChI=1S/C20H20FN5S/c1-23-10-15(9-22)13-2-4-18-17(8-13)25-20(27-18)14-3-5-19(24-11-14)26-7-6-16(21)12-26/h2-5,8-11,16,22-23H,6-7,12H2,1H3/b15-10+,22-9?. The number of rotatable bonds is 5. The summed E-state index contributed by atoms with van der Waals surface area (Å²) >= 11 is 1.61. The summed E-state index contributed by atoms with van der Waals surface area (Å²) in [6.07, 6.45) is 4.75. The van der Waals surface area contributed by atoms with Gasteiger partial charge in [-0.2, -0.15) is 0 Å². The van der Waals surface area contributed by atoms with E-state index in [1.165, 1.54) is 6.21 Å². The highest BCUT2D eigenvalue weighted by molar-refractivity contribution is 7.21. The highest BCUT2D eigenvalue weighted by Crippen LogP contribution is 2.32. The van der Waals surface area contributed by atoms with Crippen LogP contribution >= 0.6 is 11.3 Å². The van der Waals surface area contributed by atoms with Gasteiger partial charge in [-0.15, -0.1) is 11.3 Å². The van der Waals surface area contributed by atoms with Crippen molar-refractivity contribution in [2.45, 2.75) is 12.6 Å². The molecule has 1 saturated heterocycles. The predicted octanol–water partition coefficient (Wildman–Crippen LogP) is 4.12. The molecule has 1 atom stereocenters. The highest BCUT2D eigenvalue weighted by Gasteiger charge is 2.22. The average Bonchev–Trinajstić information content (AvgIpc) is 3.32. The third-order valence-electron chi connectivity index (χ3n) is 4.63. The number of benzene rings is 1. The number of aromatic nitrogens is 2. The Bertz CT molecular complexity index is 995. The zero-order valence-corrected chi connectivity index (χ0v) is 15.8. The maximum atomic E-state index is 13.4. The minimum Gasteiger partial charge on any atom is -0.393 e. The number of nitrogens with zero attached hydrogens (tertiary/aromatic N) is 3. The minimum atomic E-state index is -0.757. The molecule has 7 heteroatoms. The van der Waals surface area contributed by atoms with Crippen LogP contribution in [0.4, 0.5) is 10.2 Å². The zero-order valence-electron chi connectivity index (χ0n) is 14.9. The fourth-order valence-electron chi connectivity index (χ4n) is 3.22. The van der Waals surface area contributed by atoms with Crippen LogP contribution in [0.3, 0.4) is 0 Å². The van der Waals surface area contributed by atoms with Crippen LogP contribution < -0.4 is 10.2 Å². The molecule has 0 spiro atoms. The molecule has 4 rings (SSSR count). The fourth-order valence-corrected chi connectivity index (χ4v) is 4.16. The number of pyridine rings is 1. The van der Waals surface area contributed by atoms with Gasteiger partial charge in [-0.25, -0.2) is 14.4 Å². The van der Waals surface area contributed by atoms with Crippen LogP contribution in [0, 0.1) is 5.41 Å². The van der Waals surface area contributed by atoms with Gasteiger partial charge in [-0.3, -0.25) is 0 Å². The van der Waals surface area contributed by atoms with Crippen molar-refractivity contribution in [3.8, 4) is 10.6 Å². The molecule has 1 unspecified atom stereocenters. The number of nitrogens with one attached hydrogen (secondary N) is 2. The van der Waals surface area contributed by atoms with E-state index in [4.69, 9.17) is 10.4 Å². The van der Waals surface area contributed by atoms with Crippen LogP contribution in [0.1, 0.15) is 12.0 Å². The lowest BCUT2D eigenvalue weighted by Crippen LogP contribution is -2.20. The number of halogens is 1. The molecule has 2 aromatic heterocycles. The molecule has 2 N–H and O–H groups in total. The minimum absolute atomic E-state index is 0.422. The molecule has 3 aromatic rings. The quantitative estimate of drug-likeness (QED) is 0.653. The number of thiazole rings is 1. The molecule has 1 aliphatic heterocycles. The Morgan fingerprint density at radius 2 is 2.26 bits per heavy atom. The third kappa shape index (κ3) is 3.55. The Morgan fingerprint density at radius 1 is 1.37 bits per heavy atom. The summed E-state index contributed by atoms with van der Waals surface area (Å²) in [6.45, 7) is 1.14. The van der Waals surface area contributed by atoms with Gasteiger partial charge >= 0.3 is 0 Å². The molecular formula is C20H20FN5S. The summed E-state index contributed by atoms with van der Waals surface area (Å²) < 4.78 is 14.5. The number of hydrogen-bond donors (Lipinski definition) is 2. The topological polar surface area (TPSA) is 64.9 Å². The van der Waals surface area contributed by atoms with Crippen molar-refractivity contribution in [2.75, 3.05) is 25.0 Å². The van der Waals surface area contributed by atoms with E-state index in [1.54, 1.807) is 17.5 Å². The van der Waals surface area contributed by atoms with Gasteiger partial charge in [0.2, 0.25) is 0 Å². The van der Waals surface area contributed by atoms with Crippen LogP contribution in [-0.4, -0.2) is 42.5 Å². The molecule has 0 amide bonds. The summed E-state index contributed by atoms with van der Waals surface area (Å²) in [5.74, 6) is 0.815. The van der Waals surface area contributed by atoms with Crippen molar-refractivity contribution in [3.05, 3.63) is 48.3 Å². The molecule has 0 aliphatic carbocycles. The van der Waals surface area contributed by atoms with Crippen LogP contribution in [0.25, 0.3) is 26.4 Å². The third-order valence-corrected chi connectivity index (χ3v) is 5.71. The first-order valence-corrected chi connectivity index (χ1v) is 9.64. The van der Waals surface area contributed by atoms with Crippen molar-refractivity contribution < 1.29 is 4.39 Å².